The fourth-order valence-corrected chi connectivity index (χ4v) is 19.6. The number of nitrogens with zero attached hydrogens (tertiary/aromatic N) is 8. The van der Waals surface area contributed by atoms with Crippen LogP contribution in [0.4, 0.5) is 55.1 Å². The predicted octanol–water partition coefficient (Wildman–Crippen LogP) is 20.5. The van der Waals surface area contributed by atoms with Crippen molar-refractivity contribution in [3.05, 3.63) is 426 Å². The van der Waals surface area contributed by atoms with Gasteiger partial charge in [-0.2, -0.15) is 4.74 Å². The number of amides is 4. The molecular formula is C115H122ClN18O11+. The Bertz CT molecular complexity index is 6600. The van der Waals surface area contributed by atoms with Crippen molar-refractivity contribution in [2.24, 2.45) is 0 Å². The molecule has 10 heterocycles. The number of hydrogen-bond acceptors (Lipinski definition) is 22. The van der Waals surface area contributed by atoms with Gasteiger partial charge in [0, 0.05) is 226 Å². The van der Waals surface area contributed by atoms with Crippen molar-refractivity contribution in [2.45, 2.75) is 127 Å². The summed E-state index contributed by atoms with van der Waals surface area (Å²) in [7, 11) is 1.41. The number of nitro groups is 1. The second-order valence-corrected chi connectivity index (χ2v) is 37.6. The van der Waals surface area contributed by atoms with E-state index in [2.05, 4.69) is 128 Å². The van der Waals surface area contributed by atoms with Crippen LogP contribution >= 0.6 is 11.6 Å². The number of halogens is 1. The van der Waals surface area contributed by atoms with Gasteiger partial charge in [-0.3, -0.25) is 34.1 Å². The van der Waals surface area contributed by atoms with Crippen LogP contribution in [0.15, 0.2) is 345 Å². The van der Waals surface area contributed by atoms with E-state index < -0.39 is 35.1 Å². The average molecular weight is 1970 g/mol. The maximum Gasteiger partial charge on any atom is 0.319 e. The van der Waals surface area contributed by atoms with Crippen LogP contribution in [0.5, 0.6) is 0 Å². The molecule has 5 unspecified atom stereocenters. The molecule has 5 saturated heterocycles. The summed E-state index contributed by atoms with van der Waals surface area (Å²) >= 11 is 6.02. The van der Waals surface area contributed by atoms with Gasteiger partial charge in [0.25, 0.3) is 11.4 Å². The van der Waals surface area contributed by atoms with Crippen LogP contribution in [0.2, 0.25) is 5.02 Å². The molecule has 0 aromatic heterocycles. The van der Waals surface area contributed by atoms with E-state index in [1.807, 2.05) is 152 Å². The second-order valence-electron chi connectivity index (χ2n) is 37.2. The number of piperidine rings is 5. The summed E-state index contributed by atoms with van der Waals surface area (Å²) in [5, 5.41) is 52.9. The van der Waals surface area contributed by atoms with Crippen molar-refractivity contribution in [3.8, 4) is 0 Å². The number of para-hydroxylation sites is 1. The van der Waals surface area contributed by atoms with Crippen LogP contribution in [-0.4, -0.2) is 135 Å². The van der Waals surface area contributed by atoms with Crippen molar-refractivity contribution < 1.29 is 48.0 Å². The Labute approximate surface area is 850 Å². The Kier molecular flexibility index (Phi) is 33.9. The number of rotatable bonds is 23. The number of nitro benzene ring substituents is 1. The smallest absolute Gasteiger partial charge is 0.319 e. The number of carbonyl (C=O) groups is 7. The van der Waals surface area contributed by atoms with E-state index in [9.17, 15) is 53.8 Å². The number of carbonyl (C=O) groups excluding carboxylic acids is 7. The molecule has 10 aliphatic rings. The Morgan fingerprint density at radius 1 is 0.310 bits per heavy atom. The summed E-state index contributed by atoms with van der Waals surface area (Å²) in [6, 6.07) is 73.2. The lowest BCUT2D eigenvalue weighted by atomic mass is 9.91. The normalized spacial score (nSPS) is 19.1. The zero-order valence-corrected chi connectivity index (χ0v) is 82.2. The van der Waals surface area contributed by atoms with Crippen LogP contribution < -0.4 is 77.7 Å². The summed E-state index contributed by atoms with van der Waals surface area (Å²) in [4.78, 5) is 124. The molecule has 4 amide bonds. The minimum atomic E-state index is -0.748. The highest BCUT2D eigenvalue weighted by Gasteiger charge is 2.37. The average Bonchev–Trinajstić information content (AvgIpc) is 0.808. The lowest BCUT2D eigenvalue weighted by Gasteiger charge is -2.29. The highest BCUT2D eigenvalue weighted by molar-refractivity contribution is 6.30. The lowest BCUT2D eigenvalue weighted by Crippen LogP contribution is -2.42. The quantitative estimate of drug-likeness (QED) is 0.00710. The molecule has 0 radical (unpaired) electrons. The SMILES string of the molecule is C=C1NC=C(C(=O)c2ccc(N3CCCCC3)cc2)C(c2ccc(Cl)cc2)N1.C=C1NC=C(C(=O)c2ccc(N3CCCCC3)cc2)C(c2ccc([N+](=O)[O-])cc2)N1.C=C1NC=C(C(=O)c2ccc(N3CCCCC3)cc2)C(c2ccccc2)N1.C=[N+]([O-])c1ccccc1C1NC(=O)NC=C1C(=O)c1ccc(N2CCCCC2)cc1.C[N+](=O)c1cccc(C2NC(=O)NC=C2C(=O)c2ccc(N3CCCCC3)cc2)c1. The zero-order chi connectivity index (χ0) is 101. The molecule has 10 aromatic rings. The molecule has 145 heavy (non-hydrogen) atoms. The van der Waals surface area contributed by atoms with Gasteiger partial charge in [-0.15, -0.1) is 0 Å². The van der Waals surface area contributed by atoms with E-state index >= 15 is 0 Å². The van der Waals surface area contributed by atoms with Crippen molar-refractivity contribution in [3.63, 3.8) is 0 Å². The van der Waals surface area contributed by atoms with Gasteiger partial charge in [-0.05, 0) is 270 Å². The van der Waals surface area contributed by atoms with E-state index in [1.165, 1.54) is 139 Å². The Morgan fingerprint density at radius 3 is 0.903 bits per heavy atom. The molecule has 20 rings (SSSR count). The van der Waals surface area contributed by atoms with Crippen LogP contribution in [0.1, 0.15) is 206 Å². The van der Waals surface area contributed by atoms with Crippen molar-refractivity contribution in [1.82, 2.24) is 53.2 Å². The molecule has 744 valence electrons. The Hall–Kier alpha value is -16.4. The summed E-state index contributed by atoms with van der Waals surface area (Å²) in [6.07, 6.45) is 26.6. The fraction of sp³-hybridized carbons (Fsp3) is 0.270. The van der Waals surface area contributed by atoms with Gasteiger partial charge in [0.2, 0.25) is 5.69 Å². The van der Waals surface area contributed by atoms with Gasteiger partial charge in [0.1, 0.15) is 6.72 Å². The van der Waals surface area contributed by atoms with E-state index in [0.29, 0.717) is 105 Å². The molecule has 0 spiro atoms. The van der Waals surface area contributed by atoms with Crippen LogP contribution in [0.25, 0.3) is 0 Å². The third kappa shape index (κ3) is 25.7. The molecule has 10 aliphatic heterocycles. The van der Waals surface area contributed by atoms with E-state index in [4.69, 9.17) is 11.6 Å². The topological polar surface area (TPSA) is 345 Å². The number of non-ortho nitro benzene ring substituents is 1. The van der Waals surface area contributed by atoms with E-state index in [0.717, 1.165) is 104 Å². The maximum atomic E-state index is 13.3. The number of Topliss-reactive ketones (excluding diaryl/α,β-unsaturated/α-hetero) is 5. The van der Waals surface area contributed by atoms with Crippen LogP contribution in [-0.2, 0) is 0 Å². The molecule has 0 aliphatic carbocycles. The molecule has 5 atom stereocenters. The number of nitrogens with one attached hydrogen (secondary N) is 10. The molecule has 10 N–H and O–H groups in total. The van der Waals surface area contributed by atoms with E-state index in [1.54, 1.807) is 79.3 Å². The number of nitroso groups, excluding NO2 is 1. The van der Waals surface area contributed by atoms with Gasteiger partial charge >= 0.3 is 12.1 Å². The monoisotopic (exact) mass is 1970 g/mol. The second kappa shape index (κ2) is 48.4. The van der Waals surface area contributed by atoms with Gasteiger partial charge < -0.3 is 82.9 Å². The first-order chi connectivity index (χ1) is 70.4. The standard InChI is InChI=1S/C23H24ClN3O.3C23H24N4O3.C23H25N3O/c1-16-25-15-21(22(26-16)17-5-9-19(24)10-6-17)23(28)18-7-11-20(12-8-18)27-13-3-2-4-14-27;1-26(30)20-8-4-3-7-18(20)21-19(15-24-23(29)25-21)22(28)16-9-11-17(12-10-16)27-13-5-2-6-14-27;1-16-24-15-21(22(25-16)17-5-11-20(12-6-17)27(29)30)23(28)18-7-9-19(10-8-18)26-13-3-2-4-14-26;1-26(30)19-7-5-6-17(14-19)21-20(15-24-23(29)25-21)22(28)16-8-10-18(11-9-16)27-12-3-2-4-13-27;1-17-24-16-21(22(25-17)18-8-4-2-5-9-18)23(27)19-10-12-20(13-11-19)26-14-6-3-7-15-26/h5-12,15,22,25-26H,1-4,13-14H2;3-4,7-12,15,21H,1-2,5-6,13-14H2,(H2,24,25,29);5-12,15,22,24-25H,1-4,13-14H2;5-11,14-15,21H,2-4,12-13H2,1H3,(H-,24,25,28,29);2,4-5,8-13,16,22,24-25H,1,3,6-7,14-15H2/p+1. The zero-order valence-electron chi connectivity index (χ0n) is 81.4. The number of anilines is 5. The molecular weight excluding hydrogens is 1840 g/mol. The molecule has 0 saturated carbocycles. The molecule has 29 nitrogen and oxygen atoms in total. The van der Waals surface area contributed by atoms with Gasteiger partial charge in [0.05, 0.1) is 58.2 Å². The summed E-state index contributed by atoms with van der Waals surface area (Å²) in [5.41, 5.74) is 16.2. The summed E-state index contributed by atoms with van der Waals surface area (Å²) < 4.78 is 1.23. The van der Waals surface area contributed by atoms with Crippen LogP contribution in [0, 0.1) is 20.2 Å². The first kappa shape index (κ1) is 102. The van der Waals surface area contributed by atoms with Crippen molar-refractivity contribution in [1.29, 1.82) is 0 Å². The van der Waals surface area contributed by atoms with E-state index in [-0.39, 0.29) is 46.7 Å². The van der Waals surface area contributed by atoms with Crippen molar-refractivity contribution >= 4 is 105 Å². The number of urea groups is 2. The maximum absolute atomic E-state index is 13.3. The summed E-state index contributed by atoms with van der Waals surface area (Å²) in [6.45, 7) is 25.8. The third-order valence-electron chi connectivity index (χ3n) is 27.4. The highest BCUT2D eigenvalue weighted by Crippen LogP contribution is 2.39. The number of benzene rings is 10. The minimum Gasteiger partial charge on any atom is -0.619 e. The minimum absolute atomic E-state index is 0.00218. The van der Waals surface area contributed by atoms with Crippen molar-refractivity contribution in [2.75, 3.05) is 97.0 Å². The number of hydrogen-bond donors (Lipinski definition) is 10. The number of ketones is 5. The highest BCUT2D eigenvalue weighted by atomic mass is 35.5. The molecule has 30 heteroatoms. The predicted molar refractivity (Wildman–Crippen MR) is 571 cm³/mol. The third-order valence-corrected chi connectivity index (χ3v) is 27.7. The first-order valence-corrected chi connectivity index (χ1v) is 50.0. The largest absolute Gasteiger partial charge is 0.619 e. The van der Waals surface area contributed by atoms with Crippen LogP contribution in [0.3, 0.4) is 0 Å². The lowest BCUT2D eigenvalue weighted by molar-refractivity contribution is -0.428. The van der Waals surface area contributed by atoms with Gasteiger partial charge in [-0.25, -0.2) is 9.59 Å². The fourth-order valence-electron chi connectivity index (χ4n) is 19.5. The Morgan fingerprint density at radius 2 is 0.586 bits per heavy atom. The first-order valence-electron chi connectivity index (χ1n) is 49.6. The molecule has 0 bridgehead atoms. The Balaban J connectivity index is 0.000000130. The van der Waals surface area contributed by atoms with Gasteiger partial charge in [-0.1, -0.05) is 98.1 Å². The molecule has 10 aromatic carbocycles. The van der Waals surface area contributed by atoms with Gasteiger partial charge in [0.15, 0.2) is 36.0 Å². The molecule has 5 fully saturated rings. The summed E-state index contributed by atoms with van der Waals surface area (Å²) in [5.74, 6) is 1.47.